The Morgan fingerprint density at radius 3 is 2.14 bits per heavy atom. The molecule has 0 saturated carbocycles. The molecule has 21 heavy (non-hydrogen) atoms. The maximum absolute atomic E-state index is 13.7. The van der Waals surface area contributed by atoms with Gasteiger partial charge in [0.2, 0.25) is 0 Å². The van der Waals surface area contributed by atoms with Crippen LogP contribution in [0.25, 0.3) is 0 Å². The average molecular weight is 382 g/mol. The van der Waals surface area contributed by atoms with Crippen molar-refractivity contribution in [3.63, 3.8) is 0 Å². The molecule has 0 heterocycles. The molecule has 1 aromatic rings. The topological polar surface area (TPSA) is 12.0 Å². The van der Waals surface area contributed by atoms with Gasteiger partial charge in [0, 0.05) is 5.56 Å². The van der Waals surface area contributed by atoms with E-state index in [1.807, 2.05) is 5.32 Å². The van der Waals surface area contributed by atoms with Gasteiger partial charge in [0.05, 0.1) is 4.47 Å². The van der Waals surface area contributed by atoms with Crippen LogP contribution in [0.4, 0.5) is 30.7 Å². The van der Waals surface area contributed by atoms with Crippen LogP contribution < -0.4 is 5.32 Å². The van der Waals surface area contributed by atoms with E-state index in [9.17, 15) is 30.7 Å². The maximum Gasteiger partial charge on any atom is 0.455 e. The zero-order valence-electron chi connectivity index (χ0n) is 10.7. The summed E-state index contributed by atoms with van der Waals surface area (Å²) in [4.78, 5) is 0. The number of rotatable bonds is 5. The summed E-state index contributed by atoms with van der Waals surface area (Å²) in [5, 5.41) is 1.93. The van der Waals surface area contributed by atoms with Gasteiger partial charge in [-0.3, -0.25) is 0 Å². The number of hydrogen-bond donors (Lipinski definition) is 1. The van der Waals surface area contributed by atoms with Crippen LogP contribution in [-0.4, -0.2) is 18.6 Å². The SMILES string of the molecule is CCCNC(c1cc(F)c(Br)cc1F)C(F)(F)C(F)(F)F. The van der Waals surface area contributed by atoms with Crippen LogP contribution in [0.5, 0.6) is 0 Å². The summed E-state index contributed by atoms with van der Waals surface area (Å²) in [6.45, 7) is 1.32. The molecule has 0 bridgehead atoms. The van der Waals surface area contributed by atoms with Crippen LogP contribution in [-0.2, 0) is 0 Å². The van der Waals surface area contributed by atoms with Crippen LogP contribution in [0.1, 0.15) is 24.9 Å². The van der Waals surface area contributed by atoms with Gasteiger partial charge >= 0.3 is 12.1 Å². The standard InChI is InChI=1S/C12H11BrF7N/c1-2-3-21-10(11(16,17)12(18,19)20)6-4-9(15)7(13)5-8(6)14/h4-5,10,21H,2-3H2,1H3. The monoisotopic (exact) mass is 381 g/mol. The molecule has 0 saturated heterocycles. The molecule has 0 aromatic heterocycles. The molecular weight excluding hydrogens is 371 g/mol. The molecule has 0 aliphatic heterocycles. The Morgan fingerprint density at radius 1 is 1.10 bits per heavy atom. The lowest BCUT2D eigenvalue weighted by molar-refractivity contribution is -0.294. The van der Waals surface area contributed by atoms with Crippen LogP contribution in [0, 0.1) is 11.6 Å². The lowest BCUT2D eigenvalue weighted by Gasteiger charge is -2.30. The highest BCUT2D eigenvalue weighted by atomic mass is 79.9. The van der Waals surface area contributed by atoms with Crippen LogP contribution in [0.2, 0.25) is 0 Å². The first kappa shape index (κ1) is 18.2. The number of nitrogens with one attached hydrogen (secondary N) is 1. The van der Waals surface area contributed by atoms with E-state index in [2.05, 4.69) is 15.9 Å². The third-order valence-corrected chi connectivity index (χ3v) is 3.30. The molecular formula is C12H11BrF7N. The van der Waals surface area contributed by atoms with Crippen molar-refractivity contribution in [3.05, 3.63) is 33.8 Å². The smallest absolute Gasteiger partial charge is 0.305 e. The zero-order valence-corrected chi connectivity index (χ0v) is 12.3. The van der Waals surface area contributed by atoms with E-state index < -0.39 is 35.3 Å². The summed E-state index contributed by atoms with van der Waals surface area (Å²) in [5.41, 5.74) is -1.08. The summed E-state index contributed by atoms with van der Waals surface area (Å²) < 4.78 is 91.2. The molecule has 1 unspecified atom stereocenters. The number of benzene rings is 1. The number of hydrogen-bond acceptors (Lipinski definition) is 1. The summed E-state index contributed by atoms with van der Waals surface area (Å²) in [5.74, 6) is -7.74. The number of halogens is 8. The zero-order chi connectivity index (χ0) is 16.4. The van der Waals surface area contributed by atoms with Crippen molar-refractivity contribution in [2.75, 3.05) is 6.54 Å². The second-order valence-electron chi connectivity index (χ2n) is 4.30. The largest absolute Gasteiger partial charge is 0.455 e. The summed E-state index contributed by atoms with van der Waals surface area (Å²) in [6, 6.07) is -1.87. The summed E-state index contributed by atoms with van der Waals surface area (Å²) in [6.07, 6.45) is -5.65. The summed E-state index contributed by atoms with van der Waals surface area (Å²) >= 11 is 2.63. The Hall–Kier alpha value is -0.830. The van der Waals surface area contributed by atoms with Gasteiger partial charge < -0.3 is 5.32 Å². The minimum atomic E-state index is -5.89. The third kappa shape index (κ3) is 3.88. The van der Waals surface area contributed by atoms with Gasteiger partial charge in [-0.1, -0.05) is 6.92 Å². The minimum absolute atomic E-state index is 0.215. The van der Waals surface area contributed by atoms with Gasteiger partial charge in [0.25, 0.3) is 0 Å². The van der Waals surface area contributed by atoms with Crippen LogP contribution in [0.3, 0.4) is 0 Å². The molecule has 1 atom stereocenters. The first-order valence-corrected chi connectivity index (χ1v) is 6.64. The quantitative estimate of drug-likeness (QED) is 0.561. The van der Waals surface area contributed by atoms with Crippen LogP contribution in [0.15, 0.2) is 16.6 Å². The second-order valence-corrected chi connectivity index (χ2v) is 5.15. The fourth-order valence-electron chi connectivity index (χ4n) is 1.64. The third-order valence-electron chi connectivity index (χ3n) is 2.69. The first-order chi connectivity index (χ1) is 9.52. The van der Waals surface area contributed by atoms with Crippen molar-refractivity contribution in [1.82, 2.24) is 5.32 Å². The summed E-state index contributed by atoms with van der Waals surface area (Å²) in [7, 11) is 0. The van der Waals surface area contributed by atoms with Gasteiger partial charge in [-0.15, -0.1) is 0 Å². The lowest BCUT2D eigenvalue weighted by Crippen LogP contribution is -2.48. The molecule has 9 heteroatoms. The van der Waals surface area contributed by atoms with Crippen molar-refractivity contribution in [3.8, 4) is 0 Å². The predicted molar refractivity (Wildman–Crippen MR) is 66.1 cm³/mol. The van der Waals surface area contributed by atoms with E-state index in [0.717, 1.165) is 0 Å². The average Bonchev–Trinajstić information content (AvgIpc) is 2.34. The van der Waals surface area contributed by atoms with Gasteiger partial charge in [0.15, 0.2) is 0 Å². The van der Waals surface area contributed by atoms with Gasteiger partial charge in [-0.05, 0) is 41.0 Å². The van der Waals surface area contributed by atoms with E-state index in [-0.39, 0.29) is 17.4 Å². The highest BCUT2D eigenvalue weighted by molar-refractivity contribution is 9.10. The highest BCUT2D eigenvalue weighted by Gasteiger charge is 2.63. The molecule has 0 amide bonds. The van der Waals surface area contributed by atoms with Gasteiger partial charge in [0.1, 0.15) is 17.7 Å². The molecule has 0 spiro atoms. The Kier molecular flexibility index (Phi) is 5.65. The molecule has 1 N–H and O–H groups in total. The van der Waals surface area contributed by atoms with Crippen molar-refractivity contribution in [1.29, 1.82) is 0 Å². The molecule has 120 valence electrons. The first-order valence-electron chi connectivity index (χ1n) is 5.84. The lowest BCUT2D eigenvalue weighted by atomic mass is 9.99. The van der Waals surface area contributed by atoms with E-state index in [1.165, 1.54) is 6.92 Å². The van der Waals surface area contributed by atoms with E-state index in [4.69, 9.17) is 0 Å². The highest BCUT2D eigenvalue weighted by Crippen LogP contribution is 2.45. The van der Waals surface area contributed by atoms with Gasteiger partial charge in [-0.25, -0.2) is 8.78 Å². The fraction of sp³-hybridized carbons (Fsp3) is 0.500. The molecule has 1 nitrogen and oxygen atoms in total. The Bertz CT molecular complexity index is 501. The Balaban J connectivity index is 3.36. The normalized spacial score (nSPS) is 14.3. The van der Waals surface area contributed by atoms with Crippen molar-refractivity contribution < 1.29 is 30.7 Å². The predicted octanol–water partition coefficient (Wildman–Crippen LogP) is 4.97. The molecule has 0 radical (unpaired) electrons. The maximum atomic E-state index is 13.7. The molecule has 0 aliphatic carbocycles. The van der Waals surface area contributed by atoms with Crippen molar-refractivity contribution in [2.45, 2.75) is 31.5 Å². The van der Waals surface area contributed by atoms with Gasteiger partial charge in [-0.2, -0.15) is 22.0 Å². The van der Waals surface area contributed by atoms with Crippen molar-refractivity contribution in [2.24, 2.45) is 0 Å². The number of alkyl halides is 5. The molecule has 0 fully saturated rings. The molecule has 1 aromatic carbocycles. The second kappa shape index (κ2) is 6.51. The fourth-order valence-corrected chi connectivity index (χ4v) is 1.96. The van der Waals surface area contributed by atoms with E-state index in [0.29, 0.717) is 12.1 Å². The molecule has 0 aliphatic rings. The molecule has 1 rings (SSSR count). The minimum Gasteiger partial charge on any atom is -0.305 e. The Labute approximate surface area is 124 Å². The van der Waals surface area contributed by atoms with Crippen LogP contribution >= 0.6 is 15.9 Å². The van der Waals surface area contributed by atoms with E-state index in [1.54, 1.807) is 0 Å². The Morgan fingerprint density at radius 2 is 1.67 bits per heavy atom. The van der Waals surface area contributed by atoms with E-state index >= 15 is 0 Å². The van der Waals surface area contributed by atoms with Crippen molar-refractivity contribution >= 4 is 15.9 Å².